The summed E-state index contributed by atoms with van der Waals surface area (Å²) < 4.78 is 5.68. The fourth-order valence-corrected chi connectivity index (χ4v) is 3.94. The molecule has 1 aromatic rings. The molecule has 0 amide bonds. The van der Waals surface area contributed by atoms with E-state index in [1.165, 1.54) is 32.1 Å². The first-order chi connectivity index (χ1) is 9.65. The Morgan fingerprint density at radius 1 is 1.25 bits per heavy atom. The first-order valence-electron chi connectivity index (χ1n) is 7.71. The Morgan fingerprint density at radius 3 is 2.70 bits per heavy atom. The average Bonchev–Trinajstić information content (AvgIpc) is 2.45. The summed E-state index contributed by atoms with van der Waals surface area (Å²) in [5.74, 6) is 1.63. The standard InChI is InChI=1S/C17H26O2S/c1-13(2)19-15-8-6-7-14(11-15)17(18)12-20-16-9-4-3-5-10-16/h6-8,11,13,16-18H,3-5,9-10,12H2,1-2H3. The maximum Gasteiger partial charge on any atom is 0.120 e. The van der Waals surface area contributed by atoms with E-state index < -0.39 is 6.10 Å². The van der Waals surface area contributed by atoms with Gasteiger partial charge in [-0.25, -0.2) is 0 Å². The van der Waals surface area contributed by atoms with Gasteiger partial charge in [-0.15, -0.1) is 0 Å². The Balaban J connectivity index is 1.86. The van der Waals surface area contributed by atoms with E-state index in [1.807, 2.05) is 49.9 Å². The van der Waals surface area contributed by atoms with Gasteiger partial charge in [0.05, 0.1) is 12.2 Å². The van der Waals surface area contributed by atoms with E-state index in [4.69, 9.17) is 4.74 Å². The molecule has 0 saturated heterocycles. The number of thioether (sulfide) groups is 1. The first kappa shape index (κ1) is 15.7. The van der Waals surface area contributed by atoms with Gasteiger partial charge in [-0.1, -0.05) is 31.4 Å². The fraction of sp³-hybridized carbons (Fsp3) is 0.647. The number of hydrogen-bond acceptors (Lipinski definition) is 3. The number of rotatable bonds is 6. The van der Waals surface area contributed by atoms with Crippen molar-refractivity contribution in [3.63, 3.8) is 0 Å². The second-order valence-corrected chi connectivity index (χ2v) is 7.18. The Labute approximate surface area is 126 Å². The summed E-state index contributed by atoms with van der Waals surface area (Å²) in [7, 11) is 0. The average molecular weight is 294 g/mol. The van der Waals surface area contributed by atoms with E-state index in [1.54, 1.807) is 0 Å². The smallest absolute Gasteiger partial charge is 0.120 e. The number of aliphatic hydroxyl groups excluding tert-OH is 1. The van der Waals surface area contributed by atoms with Crippen LogP contribution in [0.5, 0.6) is 5.75 Å². The maximum atomic E-state index is 10.3. The number of hydrogen-bond donors (Lipinski definition) is 1. The third-order valence-electron chi connectivity index (χ3n) is 3.66. The zero-order valence-electron chi connectivity index (χ0n) is 12.5. The quantitative estimate of drug-likeness (QED) is 0.833. The largest absolute Gasteiger partial charge is 0.491 e. The van der Waals surface area contributed by atoms with Crippen LogP contribution >= 0.6 is 11.8 Å². The van der Waals surface area contributed by atoms with E-state index in [2.05, 4.69) is 0 Å². The molecule has 0 bridgehead atoms. The molecule has 112 valence electrons. The van der Waals surface area contributed by atoms with E-state index in [0.717, 1.165) is 22.3 Å². The number of ether oxygens (including phenoxy) is 1. The molecule has 0 radical (unpaired) electrons. The van der Waals surface area contributed by atoms with E-state index in [0.29, 0.717) is 0 Å². The minimum absolute atomic E-state index is 0.166. The summed E-state index contributed by atoms with van der Waals surface area (Å²) in [5.41, 5.74) is 0.964. The van der Waals surface area contributed by atoms with Gasteiger partial charge >= 0.3 is 0 Å². The van der Waals surface area contributed by atoms with Crippen molar-refractivity contribution < 1.29 is 9.84 Å². The van der Waals surface area contributed by atoms with Crippen LogP contribution in [0.3, 0.4) is 0 Å². The van der Waals surface area contributed by atoms with Crippen LogP contribution in [0.25, 0.3) is 0 Å². The maximum absolute atomic E-state index is 10.3. The van der Waals surface area contributed by atoms with Gasteiger partial charge in [0.15, 0.2) is 0 Å². The van der Waals surface area contributed by atoms with Crippen molar-refractivity contribution in [1.82, 2.24) is 0 Å². The molecule has 1 atom stereocenters. The van der Waals surface area contributed by atoms with Crippen molar-refractivity contribution in [1.29, 1.82) is 0 Å². The Bertz CT molecular complexity index is 400. The molecule has 1 aliphatic carbocycles. The molecule has 20 heavy (non-hydrogen) atoms. The van der Waals surface area contributed by atoms with Gasteiger partial charge in [0, 0.05) is 11.0 Å². The number of aliphatic hydroxyl groups is 1. The molecule has 1 saturated carbocycles. The highest BCUT2D eigenvalue weighted by Gasteiger charge is 2.16. The van der Waals surface area contributed by atoms with Crippen LogP contribution in [0.15, 0.2) is 24.3 Å². The van der Waals surface area contributed by atoms with Gasteiger partial charge < -0.3 is 9.84 Å². The monoisotopic (exact) mass is 294 g/mol. The van der Waals surface area contributed by atoms with Crippen LogP contribution in [0, 0.1) is 0 Å². The summed E-state index contributed by atoms with van der Waals surface area (Å²) in [4.78, 5) is 0. The highest BCUT2D eigenvalue weighted by atomic mass is 32.2. The van der Waals surface area contributed by atoms with Crippen molar-refractivity contribution in [2.24, 2.45) is 0 Å². The summed E-state index contributed by atoms with van der Waals surface area (Å²) >= 11 is 1.93. The summed E-state index contributed by atoms with van der Waals surface area (Å²) in [6, 6.07) is 7.86. The lowest BCUT2D eigenvalue weighted by Gasteiger charge is -2.22. The van der Waals surface area contributed by atoms with Gasteiger partial charge in [0.25, 0.3) is 0 Å². The third-order valence-corrected chi connectivity index (χ3v) is 5.11. The molecule has 1 aromatic carbocycles. The summed E-state index contributed by atoms with van der Waals surface area (Å²) in [6.45, 7) is 4.03. The van der Waals surface area contributed by atoms with Crippen LogP contribution < -0.4 is 4.74 Å². The van der Waals surface area contributed by atoms with Gasteiger partial charge in [0.1, 0.15) is 5.75 Å². The minimum atomic E-state index is -0.391. The molecule has 1 aliphatic rings. The molecule has 3 heteroatoms. The predicted molar refractivity (Wildman–Crippen MR) is 86.5 cm³/mol. The highest BCUT2D eigenvalue weighted by Crippen LogP contribution is 2.31. The van der Waals surface area contributed by atoms with Gasteiger partial charge in [-0.05, 0) is 44.4 Å². The van der Waals surface area contributed by atoms with Crippen LogP contribution in [-0.2, 0) is 0 Å². The second kappa shape index (κ2) is 7.94. The Morgan fingerprint density at radius 2 is 2.00 bits per heavy atom. The fourth-order valence-electron chi connectivity index (χ4n) is 2.62. The van der Waals surface area contributed by atoms with E-state index >= 15 is 0 Å². The lowest BCUT2D eigenvalue weighted by molar-refractivity contribution is 0.201. The normalized spacial score (nSPS) is 18.2. The van der Waals surface area contributed by atoms with Crippen molar-refractivity contribution in [3.8, 4) is 5.75 Å². The second-order valence-electron chi connectivity index (χ2n) is 5.85. The molecule has 1 fully saturated rings. The SMILES string of the molecule is CC(C)Oc1cccc(C(O)CSC2CCCCC2)c1. The molecule has 1 N–H and O–H groups in total. The molecular weight excluding hydrogens is 268 g/mol. The van der Waals surface area contributed by atoms with Gasteiger partial charge in [-0.2, -0.15) is 11.8 Å². The Hall–Kier alpha value is -0.670. The lowest BCUT2D eigenvalue weighted by atomic mass is 10.0. The van der Waals surface area contributed by atoms with Crippen molar-refractivity contribution in [2.75, 3.05) is 5.75 Å². The minimum Gasteiger partial charge on any atom is -0.491 e. The molecule has 0 aromatic heterocycles. The predicted octanol–water partition coefficient (Wildman–Crippen LogP) is 4.57. The lowest BCUT2D eigenvalue weighted by Crippen LogP contribution is -2.11. The van der Waals surface area contributed by atoms with Crippen LogP contribution in [0.4, 0.5) is 0 Å². The van der Waals surface area contributed by atoms with Crippen molar-refractivity contribution in [3.05, 3.63) is 29.8 Å². The molecule has 0 heterocycles. The highest BCUT2D eigenvalue weighted by molar-refractivity contribution is 7.99. The van der Waals surface area contributed by atoms with Crippen LogP contribution in [-0.4, -0.2) is 22.2 Å². The van der Waals surface area contributed by atoms with Gasteiger partial charge in [-0.3, -0.25) is 0 Å². The van der Waals surface area contributed by atoms with Crippen LogP contribution in [0.1, 0.15) is 57.6 Å². The number of benzene rings is 1. The zero-order chi connectivity index (χ0) is 14.4. The molecule has 0 aliphatic heterocycles. The third kappa shape index (κ3) is 5.02. The van der Waals surface area contributed by atoms with E-state index in [-0.39, 0.29) is 6.10 Å². The van der Waals surface area contributed by atoms with E-state index in [9.17, 15) is 5.11 Å². The molecule has 2 rings (SSSR count). The zero-order valence-corrected chi connectivity index (χ0v) is 13.4. The van der Waals surface area contributed by atoms with Crippen molar-refractivity contribution >= 4 is 11.8 Å². The molecule has 1 unspecified atom stereocenters. The molecular formula is C17H26O2S. The summed E-state index contributed by atoms with van der Waals surface area (Å²) in [6.07, 6.45) is 6.49. The molecule has 2 nitrogen and oxygen atoms in total. The first-order valence-corrected chi connectivity index (χ1v) is 8.76. The Kier molecular flexibility index (Phi) is 6.24. The summed E-state index contributed by atoms with van der Waals surface area (Å²) in [5, 5.41) is 11.1. The topological polar surface area (TPSA) is 29.5 Å². The van der Waals surface area contributed by atoms with Gasteiger partial charge in [0.2, 0.25) is 0 Å². The van der Waals surface area contributed by atoms with Crippen molar-refractivity contribution in [2.45, 2.75) is 63.4 Å². The molecule has 0 spiro atoms. The van der Waals surface area contributed by atoms with Crippen LogP contribution in [0.2, 0.25) is 0 Å².